The number of hydrogen-bond donors (Lipinski definition) is 0. The molecule has 0 spiro atoms. The SMILES string of the molecule is COc1cc(C)ccc1S(=O)(=O)N1C[C@H]2C[C@H](C)O[C@H]2C1. The molecule has 1 aromatic rings. The van der Waals surface area contributed by atoms with E-state index < -0.39 is 10.0 Å². The van der Waals surface area contributed by atoms with Gasteiger partial charge in [-0.15, -0.1) is 0 Å². The first-order chi connectivity index (χ1) is 9.91. The van der Waals surface area contributed by atoms with Crippen LogP contribution in [0, 0.1) is 12.8 Å². The van der Waals surface area contributed by atoms with Crippen molar-refractivity contribution in [1.82, 2.24) is 4.31 Å². The van der Waals surface area contributed by atoms with E-state index in [1.54, 1.807) is 18.2 Å². The van der Waals surface area contributed by atoms with Crippen LogP contribution in [0.25, 0.3) is 0 Å². The van der Waals surface area contributed by atoms with Gasteiger partial charge in [0.05, 0.1) is 19.3 Å². The van der Waals surface area contributed by atoms with E-state index in [2.05, 4.69) is 0 Å². The summed E-state index contributed by atoms with van der Waals surface area (Å²) in [6.45, 7) is 4.93. The normalized spacial score (nSPS) is 29.6. The quantitative estimate of drug-likeness (QED) is 0.854. The molecule has 2 aliphatic heterocycles. The van der Waals surface area contributed by atoms with E-state index in [1.807, 2.05) is 13.8 Å². The molecule has 0 N–H and O–H groups in total. The third-order valence-electron chi connectivity index (χ3n) is 4.33. The summed E-state index contributed by atoms with van der Waals surface area (Å²) >= 11 is 0. The van der Waals surface area contributed by atoms with Gasteiger partial charge in [0.15, 0.2) is 0 Å². The number of nitrogens with zero attached hydrogens (tertiary/aromatic N) is 1. The summed E-state index contributed by atoms with van der Waals surface area (Å²) in [5, 5.41) is 0. The molecule has 0 amide bonds. The average Bonchev–Trinajstić information content (AvgIpc) is 2.95. The largest absolute Gasteiger partial charge is 0.495 e. The predicted octanol–water partition coefficient (Wildman–Crippen LogP) is 1.80. The Morgan fingerprint density at radius 1 is 1.33 bits per heavy atom. The highest BCUT2D eigenvalue weighted by atomic mass is 32.2. The van der Waals surface area contributed by atoms with Gasteiger partial charge in [0.2, 0.25) is 10.0 Å². The van der Waals surface area contributed by atoms with Crippen molar-refractivity contribution < 1.29 is 17.9 Å². The van der Waals surface area contributed by atoms with E-state index in [4.69, 9.17) is 9.47 Å². The number of hydrogen-bond acceptors (Lipinski definition) is 4. The molecule has 0 radical (unpaired) electrons. The molecule has 2 aliphatic rings. The minimum atomic E-state index is -3.53. The Bertz CT molecular complexity index is 629. The fourth-order valence-corrected chi connectivity index (χ4v) is 4.93. The Morgan fingerprint density at radius 2 is 2.10 bits per heavy atom. The monoisotopic (exact) mass is 311 g/mol. The molecule has 1 aromatic carbocycles. The Labute approximate surface area is 125 Å². The molecule has 0 saturated carbocycles. The summed E-state index contributed by atoms with van der Waals surface area (Å²) < 4.78 is 38.2. The molecular formula is C15H21NO4S. The van der Waals surface area contributed by atoms with Crippen molar-refractivity contribution in [3.8, 4) is 5.75 Å². The second-order valence-electron chi connectivity index (χ2n) is 5.96. The van der Waals surface area contributed by atoms with Gasteiger partial charge in [0, 0.05) is 19.0 Å². The molecule has 5 nitrogen and oxygen atoms in total. The Hall–Kier alpha value is -1.11. The average molecular weight is 311 g/mol. The third-order valence-corrected chi connectivity index (χ3v) is 6.20. The van der Waals surface area contributed by atoms with Crippen LogP contribution in [-0.2, 0) is 14.8 Å². The highest BCUT2D eigenvalue weighted by Gasteiger charge is 2.45. The number of benzene rings is 1. The van der Waals surface area contributed by atoms with Gasteiger partial charge in [0.25, 0.3) is 0 Å². The second kappa shape index (κ2) is 5.26. The van der Waals surface area contributed by atoms with Crippen LogP contribution in [0.4, 0.5) is 0 Å². The van der Waals surface area contributed by atoms with Crippen LogP contribution in [0.15, 0.2) is 23.1 Å². The van der Waals surface area contributed by atoms with Crippen molar-refractivity contribution in [2.24, 2.45) is 5.92 Å². The van der Waals surface area contributed by atoms with Crippen molar-refractivity contribution in [1.29, 1.82) is 0 Å². The van der Waals surface area contributed by atoms with Crippen LogP contribution in [0.5, 0.6) is 5.75 Å². The van der Waals surface area contributed by atoms with E-state index in [-0.39, 0.29) is 17.1 Å². The highest BCUT2D eigenvalue weighted by molar-refractivity contribution is 7.89. The van der Waals surface area contributed by atoms with Crippen LogP contribution >= 0.6 is 0 Å². The van der Waals surface area contributed by atoms with E-state index in [1.165, 1.54) is 11.4 Å². The van der Waals surface area contributed by atoms with Crippen LogP contribution < -0.4 is 4.74 Å². The summed E-state index contributed by atoms with van der Waals surface area (Å²) in [6.07, 6.45) is 1.20. The highest BCUT2D eigenvalue weighted by Crippen LogP contribution is 2.37. The van der Waals surface area contributed by atoms with Crippen LogP contribution in [0.3, 0.4) is 0 Å². The number of ether oxygens (including phenoxy) is 2. The summed E-state index contributed by atoms with van der Waals surface area (Å²) in [7, 11) is -2.03. The molecule has 2 saturated heterocycles. The molecule has 3 atom stereocenters. The smallest absolute Gasteiger partial charge is 0.246 e. The van der Waals surface area contributed by atoms with Crippen LogP contribution in [0.2, 0.25) is 0 Å². The lowest BCUT2D eigenvalue weighted by Crippen LogP contribution is -2.31. The first-order valence-corrected chi connectivity index (χ1v) is 8.66. The molecule has 2 heterocycles. The van der Waals surface area contributed by atoms with Gasteiger partial charge >= 0.3 is 0 Å². The van der Waals surface area contributed by atoms with Gasteiger partial charge in [-0.2, -0.15) is 4.31 Å². The Balaban J connectivity index is 1.89. The summed E-state index contributed by atoms with van der Waals surface area (Å²) in [5.41, 5.74) is 0.973. The van der Waals surface area contributed by atoms with Gasteiger partial charge < -0.3 is 9.47 Å². The molecule has 116 valence electrons. The van der Waals surface area contributed by atoms with Crippen molar-refractivity contribution >= 4 is 10.0 Å². The standard InChI is InChI=1S/C15H21NO4S/c1-10-4-5-15(13(6-10)19-3)21(17,18)16-8-12-7-11(2)20-14(12)9-16/h4-6,11-12,14H,7-9H2,1-3H3/t11-,12+,14-/m0/s1. The zero-order valence-corrected chi connectivity index (χ0v) is 13.4. The van der Waals surface area contributed by atoms with Gasteiger partial charge in [-0.05, 0) is 38.0 Å². The summed E-state index contributed by atoms with van der Waals surface area (Å²) in [6, 6.07) is 5.17. The first kappa shape index (κ1) is 14.8. The summed E-state index contributed by atoms with van der Waals surface area (Å²) in [5.74, 6) is 0.715. The lowest BCUT2D eigenvalue weighted by atomic mass is 10.0. The van der Waals surface area contributed by atoms with Crippen molar-refractivity contribution in [3.05, 3.63) is 23.8 Å². The molecule has 0 aromatic heterocycles. The summed E-state index contributed by atoms with van der Waals surface area (Å²) in [4.78, 5) is 0.239. The molecule has 21 heavy (non-hydrogen) atoms. The maximum Gasteiger partial charge on any atom is 0.246 e. The minimum Gasteiger partial charge on any atom is -0.495 e. The minimum absolute atomic E-state index is 0.0335. The van der Waals surface area contributed by atoms with Gasteiger partial charge in [-0.1, -0.05) is 6.07 Å². The maximum atomic E-state index is 12.8. The zero-order valence-electron chi connectivity index (χ0n) is 12.6. The third kappa shape index (κ3) is 2.56. The molecule has 6 heteroatoms. The number of aryl methyl sites for hydroxylation is 1. The van der Waals surface area contributed by atoms with Gasteiger partial charge in [-0.3, -0.25) is 0 Å². The number of rotatable bonds is 3. The van der Waals surface area contributed by atoms with E-state index >= 15 is 0 Å². The van der Waals surface area contributed by atoms with Crippen molar-refractivity contribution in [2.45, 2.75) is 37.4 Å². The number of methoxy groups -OCH3 is 1. The first-order valence-electron chi connectivity index (χ1n) is 7.22. The van der Waals surface area contributed by atoms with E-state index in [0.717, 1.165) is 12.0 Å². The van der Waals surface area contributed by atoms with Crippen LogP contribution in [0.1, 0.15) is 18.9 Å². The predicted molar refractivity (Wildman–Crippen MR) is 78.9 cm³/mol. The van der Waals surface area contributed by atoms with Crippen LogP contribution in [-0.4, -0.2) is 45.1 Å². The molecule has 3 rings (SSSR count). The maximum absolute atomic E-state index is 12.8. The Kier molecular flexibility index (Phi) is 3.71. The number of sulfonamides is 1. The van der Waals surface area contributed by atoms with Crippen molar-refractivity contribution in [2.75, 3.05) is 20.2 Å². The molecule has 0 bridgehead atoms. The molecule has 0 aliphatic carbocycles. The molecule has 2 fully saturated rings. The van der Waals surface area contributed by atoms with E-state index in [0.29, 0.717) is 24.8 Å². The number of fused-ring (bicyclic) bond motifs is 1. The fourth-order valence-electron chi connectivity index (χ4n) is 3.29. The zero-order chi connectivity index (χ0) is 15.2. The van der Waals surface area contributed by atoms with Crippen molar-refractivity contribution in [3.63, 3.8) is 0 Å². The lowest BCUT2D eigenvalue weighted by molar-refractivity contribution is 0.0541. The van der Waals surface area contributed by atoms with Gasteiger partial charge in [-0.25, -0.2) is 8.42 Å². The van der Waals surface area contributed by atoms with Gasteiger partial charge in [0.1, 0.15) is 10.6 Å². The molecular weight excluding hydrogens is 290 g/mol. The van der Waals surface area contributed by atoms with E-state index in [9.17, 15) is 8.42 Å². The lowest BCUT2D eigenvalue weighted by Gasteiger charge is -2.20. The fraction of sp³-hybridized carbons (Fsp3) is 0.600. The topological polar surface area (TPSA) is 55.8 Å². The second-order valence-corrected chi connectivity index (χ2v) is 7.86. The molecule has 0 unspecified atom stereocenters. The Morgan fingerprint density at radius 3 is 2.76 bits per heavy atom.